The van der Waals surface area contributed by atoms with E-state index in [0.717, 1.165) is 0 Å². The molecule has 0 amide bonds. The second-order valence-electron chi connectivity index (χ2n) is 4.29. The van der Waals surface area contributed by atoms with Crippen LogP contribution >= 0.6 is 8.25 Å². The molecule has 10 heteroatoms. The second kappa shape index (κ2) is 8.07. The van der Waals surface area contributed by atoms with Gasteiger partial charge in [0.25, 0.3) is 5.56 Å². The molecule has 20 heavy (non-hydrogen) atoms. The van der Waals surface area contributed by atoms with Gasteiger partial charge in [0.15, 0.2) is 0 Å². The fraction of sp³-hybridized carbons (Fsp3) is 0.600. The maximum atomic E-state index is 11.7. The Morgan fingerprint density at radius 2 is 2.25 bits per heavy atom. The topological polar surface area (TPSA) is 113 Å². The Morgan fingerprint density at radius 1 is 1.55 bits per heavy atom. The standard InChI is InChI=1S/C10H13N2O6P.K/c1-6-4-12(10(14)11-9(6)13)8-3-2-7(18-8)5-17-19(15)16;/h4,7-8H,2-3,5H2,1H3,(H,11,13,14);/q;+1. The molecule has 1 aromatic rings. The molecule has 1 aliphatic heterocycles. The summed E-state index contributed by atoms with van der Waals surface area (Å²) in [4.78, 5) is 35.4. The molecule has 0 aromatic carbocycles. The summed E-state index contributed by atoms with van der Waals surface area (Å²) in [5, 5.41) is 0. The van der Waals surface area contributed by atoms with Gasteiger partial charge in [-0.2, -0.15) is 0 Å². The van der Waals surface area contributed by atoms with Crippen molar-refractivity contribution in [2.24, 2.45) is 0 Å². The molecule has 3 unspecified atom stereocenters. The summed E-state index contributed by atoms with van der Waals surface area (Å²) >= 11 is 0. The number of hydrogen-bond donors (Lipinski definition) is 1. The quantitative estimate of drug-likeness (QED) is 0.455. The Kier molecular flexibility index (Phi) is 7.40. The number of nitrogens with one attached hydrogen (secondary N) is 1. The average molecular weight is 327 g/mol. The van der Waals surface area contributed by atoms with Crippen LogP contribution in [0.3, 0.4) is 0 Å². The zero-order chi connectivity index (χ0) is 14.0. The van der Waals surface area contributed by atoms with Crippen molar-refractivity contribution >= 4 is 8.25 Å². The molecule has 0 saturated carbocycles. The number of aromatic nitrogens is 2. The van der Waals surface area contributed by atoms with E-state index in [0.29, 0.717) is 18.4 Å². The van der Waals surface area contributed by atoms with Crippen LogP contribution in [0.2, 0.25) is 0 Å². The van der Waals surface area contributed by atoms with Crippen LogP contribution in [-0.4, -0.2) is 22.3 Å². The molecule has 1 saturated heterocycles. The fourth-order valence-corrected chi connectivity index (χ4v) is 2.25. The van der Waals surface area contributed by atoms with Crippen molar-refractivity contribution in [3.8, 4) is 0 Å². The van der Waals surface area contributed by atoms with E-state index in [2.05, 4.69) is 9.51 Å². The SMILES string of the molecule is Cc1cn(C2CCC(CO[P+](=O)[O-])O2)c(=O)[nH]c1=O.[K+]. The Morgan fingerprint density at radius 3 is 2.90 bits per heavy atom. The minimum atomic E-state index is -2.90. The summed E-state index contributed by atoms with van der Waals surface area (Å²) in [7, 11) is -2.90. The third-order valence-electron chi connectivity index (χ3n) is 2.91. The Hall–Kier alpha value is 0.296. The van der Waals surface area contributed by atoms with E-state index in [1.165, 1.54) is 10.8 Å². The van der Waals surface area contributed by atoms with Crippen molar-refractivity contribution in [1.29, 1.82) is 0 Å². The molecular weight excluding hydrogens is 314 g/mol. The van der Waals surface area contributed by atoms with Crippen LogP contribution in [-0.2, 0) is 13.8 Å². The van der Waals surface area contributed by atoms with Crippen molar-refractivity contribution in [1.82, 2.24) is 9.55 Å². The first kappa shape index (κ1) is 18.3. The predicted molar refractivity (Wildman–Crippen MR) is 62.8 cm³/mol. The van der Waals surface area contributed by atoms with Crippen LogP contribution in [0.4, 0.5) is 0 Å². The van der Waals surface area contributed by atoms with Gasteiger partial charge in [0.05, 0.1) is 6.10 Å². The van der Waals surface area contributed by atoms with E-state index in [1.807, 2.05) is 0 Å². The Balaban J connectivity index is 0.00000200. The molecule has 104 valence electrons. The van der Waals surface area contributed by atoms with Gasteiger partial charge in [-0.05, 0) is 24.3 Å². The molecule has 1 aromatic heterocycles. The molecule has 0 spiro atoms. The van der Waals surface area contributed by atoms with Crippen LogP contribution in [0.25, 0.3) is 0 Å². The minimum Gasteiger partial charge on any atom is -0.566 e. The van der Waals surface area contributed by atoms with Gasteiger partial charge in [0.1, 0.15) is 12.8 Å². The van der Waals surface area contributed by atoms with Crippen molar-refractivity contribution in [2.75, 3.05) is 6.61 Å². The molecule has 2 heterocycles. The van der Waals surface area contributed by atoms with E-state index in [1.54, 1.807) is 6.92 Å². The molecule has 3 atom stereocenters. The zero-order valence-corrected chi connectivity index (χ0v) is 15.2. The molecule has 0 bridgehead atoms. The molecule has 8 nitrogen and oxygen atoms in total. The van der Waals surface area contributed by atoms with Crippen LogP contribution in [0, 0.1) is 6.92 Å². The van der Waals surface area contributed by atoms with E-state index in [-0.39, 0.29) is 64.1 Å². The summed E-state index contributed by atoms with van der Waals surface area (Å²) in [5.74, 6) is 0. The molecule has 1 N–H and O–H groups in total. The number of H-pyrrole nitrogens is 1. The van der Waals surface area contributed by atoms with Gasteiger partial charge in [0.2, 0.25) is 0 Å². The monoisotopic (exact) mass is 327 g/mol. The summed E-state index contributed by atoms with van der Waals surface area (Å²) in [5.41, 5.74) is -0.565. The molecule has 1 fully saturated rings. The minimum absolute atomic E-state index is 0. The Bertz CT molecular complexity index is 600. The first-order valence-corrected chi connectivity index (χ1v) is 6.81. The molecular formula is C10H13KN2O6P+. The van der Waals surface area contributed by atoms with Crippen molar-refractivity contribution in [2.45, 2.75) is 32.1 Å². The summed E-state index contributed by atoms with van der Waals surface area (Å²) in [6.07, 6.45) is 1.68. The summed E-state index contributed by atoms with van der Waals surface area (Å²) in [6.45, 7) is 1.53. The van der Waals surface area contributed by atoms with Gasteiger partial charge in [-0.3, -0.25) is 14.3 Å². The van der Waals surface area contributed by atoms with Gasteiger partial charge >= 0.3 is 65.3 Å². The van der Waals surface area contributed by atoms with Crippen LogP contribution in [0.15, 0.2) is 15.8 Å². The first-order valence-electron chi connectivity index (χ1n) is 5.72. The number of aromatic amines is 1. The maximum Gasteiger partial charge on any atom is 1.00 e. The normalized spacial score (nSPS) is 22.4. The van der Waals surface area contributed by atoms with Crippen molar-refractivity contribution < 1.29 is 70.1 Å². The fourth-order valence-electron chi connectivity index (χ4n) is 1.96. The third-order valence-corrected chi connectivity index (χ3v) is 3.27. The zero-order valence-electron chi connectivity index (χ0n) is 11.2. The van der Waals surface area contributed by atoms with Gasteiger partial charge in [-0.25, -0.2) is 4.79 Å². The van der Waals surface area contributed by atoms with Crippen LogP contribution in [0.5, 0.6) is 0 Å². The largest absolute Gasteiger partial charge is 1.00 e. The van der Waals surface area contributed by atoms with Crippen LogP contribution < -0.4 is 67.5 Å². The first-order chi connectivity index (χ1) is 8.97. The van der Waals surface area contributed by atoms with Crippen LogP contribution in [0.1, 0.15) is 24.6 Å². The van der Waals surface area contributed by atoms with Crippen molar-refractivity contribution in [3.63, 3.8) is 0 Å². The second-order valence-corrected chi connectivity index (χ2v) is 4.99. The van der Waals surface area contributed by atoms with E-state index in [4.69, 9.17) is 4.74 Å². The van der Waals surface area contributed by atoms with E-state index < -0.39 is 25.7 Å². The van der Waals surface area contributed by atoms with Crippen molar-refractivity contribution in [3.05, 3.63) is 32.6 Å². The third kappa shape index (κ3) is 4.65. The number of aryl methyl sites for hydroxylation is 1. The maximum absolute atomic E-state index is 11.7. The van der Waals surface area contributed by atoms with Gasteiger partial charge in [0, 0.05) is 11.8 Å². The summed E-state index contributed by atoms with van der Waals surface area (Å²) in [6, 6.07) is 0. The van der Waals surface area contributed by atoms with Gasteiger partial charge in [-0.1, -0.05) is 0 Å². The van der Waals surface area contributed by atoms with E-state index in [9.17, 15) is 19.0 Å². The van der Waals surface area contributed by atoms with E-state index >= 15 is 0 Å². The molecule has 2 rings (SSSR count). The number of ether oxygens (including phenoxy) is 1. The Labute approximate surface area is 157 Å². The number of hydrogen-bond acceptors (Lipinski definition) is 6. The molecule has 0 aliphatic carbocycles. The van der Waals surface area contributed by atoms with Gasteiger partial charge < -0.3 is 9.63 Å². The smallest absolute Gasteiger partial charge is 0.566 e. The number of nitrogens with zero attached hydrogens (tertiary/aromatic N) is 1. The molecule has 0 radical (unpaired) electrons. The van der Waals surface area contributed by atoms with Gasteiger partial charge in [-0.15, -0.1) is 4.52 Å². The average Bonchev–Trinajstić information content (AvgIpc) is 2.80. The predicted octanol–water partition coefficient (Wildman–Crippen LogP) is -3.44. The number of rotatable bonds is 4. The molecule has 1 aliphatic rings. The summed E-state index contributed by atoms with van der Waals surface area (Å²) < 4.78 is 21.6.